The first kappa shape index (κ1) is 26.5. The van der Waals surface area contributed by atoms with Crippen LogP contribution in [0.1, 0.15) is 43.2 Å². The normalized spacial score (nSPS) is 10.9. The number of benzene rings is 1. The molecule has 1 aromatic carbocycles. The number of halogens is 1. The summed E-state index contributed by atoms with van der Waals surface area (Å²) in [4.78, 5) is 22.0. The van der Waals surface area contributed by atoms with E-state index in [1.165, 1.54) is 24.0 Å². The third kappa shape index (κ3) is 7.17. The number of hydrogen-bond donors (Lipinski definition) is 4. The quantitative estimate of drug-likeness (QED) is 0.295. The highest BCUT2D eigenvalue weighted by Crippen LogP contribution is 2.24. The Hall–Kier alpha value is -3.46. The van der Waals surface area contributed by atoms with E-state index in [4.69, 9.17) is 5.73 Å². The van der Waals surface area contributed by atoms with E-state index >= 15 is 0 Å². The number of nitrogens with zero attached hydrogens (tertiary/aromatic N) is 2. The number of rotatable bonds is 8. The molecular formula is C21H30FN5O3. The van der Waals surface area contributed by atoms with Gasteiger partial charge in [0, 0.05) is 5.57 Å². The summed E-state index contributed by atoms with van der Waals surface area (Å²) in [5, 5.41) is 16.5. The van der Waals surface area contributed by atoms with Crippen LogP contribution in [0.2, 0.25) is 0 Å². The molecule has 0 atom stereocenters. The second-order valence-corrected chi connectivity index (χ2v) is 5.28. The molecule has 2 amide bonds. The number of hydrogen-bond acceptors (Lipinski definition) is 5. The zero-order chi connectivity index (χ0) is 23.1. The molecule has 0 saturated carbocycles. The maximum atomic E-state index is 12.8. The Balaban J connectivity index is 0.00000198. The first-order valence-corrected chi connectivity index (χ1v) is 9.45. The van der Waals surface area contributed by atoms with E-state index in [2.05, 4.69) is 16.1 Å². The summed E-state index contributed by atoms with van der Waals surface area (Å²) in [5.74, 6) is -0.766. The van der Waals surface area contributed by atoms with Crippen LogP contribution in [-0.4, -0.2) is 40.9 Å². The topological polar surface area (TPSA) is 136 Å². The van der Waals surface area contributed by atoms with E-state index in [-0.39, 0.29) is 17.1 Å². The van der Waals surface area contributed by atoms with Crippen molar-refractivity contribution in [1.29, 1.82) is 0 Å². The van der Waals surface area contributed by atoms with E-state index in [0.29, 0.717) is 29.7 Å². The average Bonchev–Trinajstić information content (AvgIpc) is 3.20. The van der Waals surface area contributed by atoms with Gasteiger partial charge in [-0.05, 0) is 43.3 Å². The predicted molar refractivity (Wildman–Crippen MR) is 118 cm³/mol. The molecule has 0 saturated heterocycles. The van der Waals surface area contributed by atoms with Gasteiger partial charge in [-0.15, -0.1) is 0 Å². The maximum Gasteiger partial charge on any atom is 0.271 e. The van der Waals surface area contributed by atoms with E-state index < -0.39 is 12.6 Å². The summed E-state index contributed by atoms with van der Waals surface area (Å²) in [6.07, 6.45) is 5.38. The number of anilines is 1. The molecule has 0 aliphatic carbocycles. The van der Waals surface area contributed by atoms with E-state index in [1.54, 1.807) is 30.3 Å². The number of primary amides is 1. The second kappa shape index (κ2) is 14.5. The average molecular weight is 420 g/mol. The molecule has 6 N–H and O–H groups in total. The van der Waals surface area contributed by atoms with Gasteiger partial charge in [0.15, 0.2) is 5.69 Å². The van der Waals surface area contributed by atoms with Gasteiger partial charge in [0.25, 0.3) is 5.91 Å². The Morgan fingerprint density at radius 1 is 1.23 bits per heavy atom. The second-order valence-electron chi connectivity index (χ2n) is 5.28. The molecule has 0 bridgehead atoms. The number of aromatic nitrogens is 2. The van der Waals surface area contributed by atoms with E-state index in [1.807, 2.05) is 20.8 Å². The fourth-order valence-corrected chi connectivity index (χ4v) is 2.40. The Morgan fingerprint density at radius 3 is 2.30 bits per heavy atom. The molecule has 1 aromatic heterocycles. The number of allylic oxidation sites excluding steroid dienone is 3. The number of aliphatic hydroxyl groups is 1. The molecule has 0 fully saturated rings. The summed E-state index contributed by atoms with van der Waals surface area (Å²) in [6, 6.07) is 6.75. The number of nitrogens with two attached hydrogens (primary N) is 2. The van der Waals surface area contributed by atoms with Gasteiger partial charge in [-0.3, -0.25) is 9.59 Å². The van der Waals surface area contributed by atoms with Crippen molar-refractivity contribution in [3.63, 3.8) is 0 Å². The highest BCUT2D eigenvalue weighted by molar-refractivity contribution is 5.98. The Bertz CT molecular complexity index is 858. The van der Waals surface area contributed by atoms with Crippen molar-refractivity contribution in [2.24, 2.45) is 11.5 Å². The molecular weight excluding hydrogens is 389 g/mol. The van der Waals surface area contributed by atoms with E-state index in [0.717, 1.165) is 0 Å². The van der Waals surface area contributed by atoms with Crippen molar-refractivity contribution in [3.8, 4) is 5.69 Å². The van der Waals surface area contributed by atoms with Crippen LogP contribution in [0.4, 0.5) is 10.1 Å². The molecule has 0 aliphatic heterocycles. The lowest BCUT2D eigenvalue weighted by Gasteiger charge is -2.08. The lowest BCUT2D eigenvalue weighted by molar-refractivity contribution is -0.105. The Morgan fingerprint density at radius 2 is 1.83 bits per heavy atom. The highest BCUT2D eigenvalue weighted by atomic mass is 19.1. The minimum Gasteiger partial charge on any atom is -0.508 e. The van der Waals surface area contributed by atoms with Gasteiger partial charge >= 0.3 is 0 Å². The number of nitrogens with one attached hydrogen (secondary N) is 1. The third-order valence-corrected chi connectivity index (χ3v) is 3.56. The zero-order valence-electron chi connectivity index (χ0n) is 17.7. The molecule has 0 spiro atoms. The van der Waals surface area contributed by atoms with E-state index in [9.17, 15) is 19.1 Å². The molecule has 9 heteroatoms. The maximum absolute atomic E-state index is 12.8. The molecule has 2 aromatic rings. The van der Waals surface area contributed by atoms with Crippen LogP contribution in [0.5, 0.6) is 0 Å². The van der Waals surface area contributed by atoms with Gasteiger partial charge in [-0.25, -0.2) is 9.07 Å². The van der Waals surface area contributed by atoms with Crippen LogP contribution in [0, 0.1) is 0 Å². The van der Waals surface area contributed by atoms with Gasteiger partial charge in [-0.1, -0.05) is 32.9 Å². The van der Waals surface area contributed by atoms with Crippen LogP contribution in [-0.2, 0) is 4.79 Å². The van der Waals surface area contributed by atoms with Crippen LogP contribution >= 0.6 is 0 Å². The highest BCUT2D eigenvalue weighted by Gasteiger charge is 2.15. The summed E-state index contributed by atoms with van der Waals surface area (Å²) in [5.41, 5.74) is 11.5. The van der Waals surface area contributed by atoms with Crippen molar-refractivity contribution < 1.29 is 19.1 Å². The van der Waals surface area contributed by atoms with Gasteiger partial charge in [0.05, 0.1) is 17.6 Å². The smallest absolute Gasteiger partial charge is 0.271 e. The largest absolute Gasteiger partial charge is 0.508 e. The lowest BCUT2D eigenvalue weighted by atomic mass is 10.0. The monoisotopic (exact) mass is 419 g/mol. The SMILES string of the molecule is CC.CC/C=C(O)\C(=C/CF)c1ccc(-n2cc(NC=O)c(C(N)=O)n2)cc1.CN. The number of carbonyl (C=O) groups is 2. The molecule has 0 radical (unpaired) electrons. The zero-order valence-corrected chi connectivity index (χ0v) is 17.7. The van der Waals surface area contributed by atoms with Crippen LogP contribution < -0.4 is 16.8 Å². The fourth-order valence-electron chi connectivity index (χ4n) is 2.40. The van der Waals surface area contributed by atoms with Gasteiger partial charge < -0.3 is 21.9 Å². The molecule has 30 heavy (non-hydrogen) atoms. The fraction of sp³-hybridized carbons (Fsp3) is 0.286. The van der Waals surface area contributed by atoms with Crippen molar-refractivity contribution >= 4 is 23.6 Å². The number of carbonyl (C=O) groups excluding carboxylic acids is 2. The number of alkyl halides is 1. The molecule has 8 nitrogen and oxygen atoms in total. The van der Waals surface area contributed by atoms with Crippen LogP contribution in [0.3, 0.4) is 0 Å². The molecule has 1 heterocycles. The van der Waals surface area contributed by atoms with Crippen molar-refractivity contribution in [3.05, 3.63) is 59.6 Å². The predicted octanol–water partition coefficient (Wildman–Crippen LogP) is 3.35. The Kier molecular flexibility index (Phi) is 12.9. The third-order valence-electron chi connectivity index (χ3n) is 3.56. The van der Waals surface area contributed by atoms with Gasteiger partial charge in [0.2, 0.25) is 6.41 Å². The molecule has 164 valence electrons. The van der Waals surface area contributed by atoms with Crippen molar-refractivity contribution in [2.45, 2.75) is 27.2 Å². The molecule has 0 unspecified atom stereocenters. The standard InChI is InChI=1S/C18H19FN4O3.C2H6.CH5N/c1-2-3-16(25)14(8-9-19)12-4-6-13(7-5-12)23-10-15(21-11-24)17(22-23)18(20)26;2*1-2/h3-8,10-11,25H,2,9H2,1H3,(H2,20,26)(H,21,24);1-2H3;2H2,1H3/b14-8-,16-3+;;. The first-order valence-electron chi connectivity index (χ1n) is 9.45. The number of amides is 2. The number of aliphatic hydroxyl groups excluding tert-OH is 1. The van der Waals surface area contributed by atoms with Crippen molar-refractivity contribution in [2.75, 3.05) is 19.0 Å². The summed E-state index contributed by atoms with van der Waals surface area (Å²) in [7, 11) is 1.50. The van der Waals surface area contributed by atoms with Gasteiger partial charge in [-0.2, -0.15) is 5.10 Å². The minimum absolute atomic E-state index is 0.00507. The minimum atomic E-state index is -0.771. The summed E-state index contributed by atoms with van der Waals surface area (Å²) < 4.78 is 14.1. The van der Waals surface area contributed by atoms with Gasteiger partial charge in [0.1, 0.15) is 12.4 Å². The Labute approximate surface area is 176 Å². The first-order chi connectivity index (χ1) is 14.5. The molecule has 0 aliphatic rings. The van der Waals surface area contributed by atoms with Crippen LogP contribution in [0.25, 0.3) is 11.3 Å². The van der Waals surface area contributed by atoms with Crippen molar-refractivity contribution in [1.82, 2.24) is 9.78 Å². The lowest BCUT2D eigenvalue weighted by Crippen LogP contribution is -2.14. The molecule has 2 rings (SSSR count). The summed E-state index contributed by atoms with van der Waals surface area (Å²) in [6.45, 7) is 5.16. The van der Waals surface area contributed by atoms with Crippen LogP contribution in [0.15, 0.2) is 48.4 Å². The summed E-state index contributed by atoms with van der Waals surface area (Å²) >= 11 is 0.